The molecule has 1 saturated carbocycles. The molecule has 1 aliphatic rings. The molecule has 0 spiro atoms. The third kappa shape index (κ3) is 8.09. The fraction of sp³-hybridized carbons (Fsp3) is 0.433. The number of nitriles is 1. The number of thiophene rings is 1. The van der Waals surface area contributed by atoms with E-state index in [-0.39, 0.29) is 35.4 Å². The van der Waals surface area contributed by atoms with Crippen LogP contribution in [0.2, 0.25) is 0 Å². The third-order valence-electron chi connectivity index (χ3n) is 7.22. The molecule has 0 amide bonds. The maximum Gasteiger partial charge on any atom is 0.393 e. The summed E-state index contributed by atoms with van der Waals surface area (Å²) in [6, 6.07) is 12.3. The van der Waals surface area contributed by atoms with Gasteiger partial charge in [-0.15, -0.1) is 11.3 Å². The van der Waals surface area contributed by atoms with Crippen LogP contribution < -0.4 is 15.4 Å². The summed E-state index contributed by atoms with van der Waals surface area (Å²) in [5, 5.41) is 16.0. The second-order valence-electron chi connectivity index (χ2n) is 10.5. The van der Waals surface area contributed by atoms with Crippen molar-refractivity contribution in [3.05, 3.63) is 46.8 Å². The molecule has 1 fully saturated rings. The Kier molecular flexibility index (Phi) is 9.93. The van der Waals surface area contributed by atoms with Crippen LogP contribution in [0.25, 0.3) is 10.1 Å². The Morgan fingerprint density at radius 2 is 1.86 bits per heavy atom. The molecular formula is C30H33F3N4O3S2. The van der Waals surface area contributed by atoms with E-state index in [9.17, 15) is 21.6 Å². The predicted octanol–water partition coefficient (Wildman–Crippen LogP) is 6.06. The van der Waals surface area contributed by atoms with Crippen molar-refractivity contribution in [3.8, 4) is 23.7 Å². The van der Waals surface area contributed by atoms with Crippen LogP contribution in [0.5, 0.6) is 5.75 Å². The van der Waals surface area contributed by atoms with Gasteiger partial charge in [-0.3, -0.25) is 0 Å². The fourth-order valence-corrected chi connectivity index (χ4v) is 6.90. The first-order valence-corrected chi connectivity index (χ1v) is 16.2. The van der Waals surface area contributed by atoms with Crippen molar-refractivity contribution >= 4 is 42.6 Å². The zero-order chi connectivity index (χ0) is 30.5. The quantitative estimate of drug-likeness (QED) is 0.282. The molecule has 3 aromatic rings. The fourth-order valence-electron chi connectivity index (χ4n) is 5.09. The first-order chi connectivity index (χ1) is 19.9. The van der Waals surface area contributed by atoms with Gasteiger partial charge >= 0.3 is 6.18 Å². The van der Waals surface area contributed by atoms with Crippen LogP contribution >= 0.6 is 11.3 Å². The number of fused-ring (bicyclic) bond motifs is 1. The standard InChI is InChI=1S/C30H33F3N4O3S2/c1-37(2)21-11-9-20(10-12-21)36-26-7-4-6-23-24(19-30(31,32)33)28(41-29(23)26)8-5-16-35-25-14-13-22(42(3,38)39)18-27(25)40-17-15-34/h4,6-7,13-14,18,20-21,35-36H,9-12,16-17,19H2,1-3H3. The molecule has 0 unspecified atom stereocenters. The lowest BCUT2D eigenvalue weighted by Crippen LogP contribution is -2.36. The van der Waals surface area contributed by atoms with Crippen molar-refractivity contribution in [3.63, 3.8) is 0 Å². The molecule has 2 N–H and O–H groups in total. The normalized spacial score (nSPS) is 17.4. The van der Waals surface area contributed by atoms with Gasteiger partial charge in [0.25, 0.3) is 0 Å². The van der Waals surface area contributed by atoms with Crippen LogP contribution in [0.1, 0.15) is 36.1 Å². The molecule has 0 aliphatic heterocycles. The number of sulfone groups is 1. The zero-order valence-electron chi connectivity index (χ0n) is 23.6. The molecule has 0 saturated heterocycles. The third-order valence-corrected chi connectivity index (χ3v) is 9.53. The predicted molar refractivity (Wildman–Crippen MR) is 161 cm³/mol. The van der Waals surface area contributed by atoms with Crippen molar-refractivity contribution in [2.45, 2.75) is 55.3 Å². The number of hydrogen-bond donors (Lipinski definition) is 2. The van der Waals surface area contributed by atoms with E-state index in [4.69, 9.17) is 10.00 Å². The highest BCUT2D eigenvalue weighted by atomic mass is 32.2. The summed E-state index contributed by atoms with van der Waals surface area (Å²) in [6.45, 7) is -0.231. The Bertz CT molecular complexity index is 1630. The van der Waals surface area contributed by atoms with Gasteiger partial charge in [0.2, 0.25) is 0 Å². The molecule has 4 rings (SSSR count). The summed E-state index contributed by atoms with van der Waals surface area (Å²) in [5.74, 6) is 5.99. The Labute approximate surface area is 248 Å². The number of nitrogens with zero attached hydrogens (tertiary/aromatic N) is 2. The molecule has 1 heterocycles. The Balaban J connectivity index is 1.58. The minimum Gasteiger partial charge on any atom is -0.477 e. The maximum absolute atomic E-state index is 13.6. The van der Waals surface area contributed by atoms with E-state index in [1.807, 2.05) is 12.1 Å². The van der Waals surface area contributed by atoms with E-state index in [0.29, 0.717) is 22.0 Å². The second-order valence-corrected chi connectivity index (χ2v) is 13.6. The van der Waals surface area contributed by atoms with Gasteiger partial charge in [-0.2, -0.15) is 18.4 Å². The van der Waals surface area contributed by atoms with E-state index in [1.54, 1.807) is 12.1 Å². The van der Waals surface area contributed by atoms with Gasteiger partial charge < -0.3 is 20.3 Å². The molecule has 2 aromatic carbocycles. The average Bonchev–Trinajstić information content (AvgIpc) is 3.26. The van der Waals surface area contributed by atoms with Gasteiger partial charge in [-0.1, -0.05) is 24.0 Å². The van der Waals surface area contributed by atoms with Crippen LogP contribution in [0.15, 0.2) is 41.3 Å². The van der Waals surface area contributed by atoms with Crippen LogP contribution in [-0.2, 0) is 16.3 Å². The van der Waals surface area contributed by atoms with Crippen LogP contribution in [0, 0.1) is 23.2 Å². The number of nitrogens with one attached hydrogen (secondary N) is 2. The lowest BCUT2D eigenvalue weighted by Gasteiger charge is -2.33. The van der Waals surface area contributed by atoms with Crippen molar-refractivity contribution in [1.29, 1.82) is 5.26 Å². The van der Waals surface area contributed by atoms with Crippen molar-refractivity contribution in [2.24, 2.45) is 0 Å². The highest BCUT2D eigenvalue weighted by Gasteiger charge is 2.31. The van der Waals surface area contributed by atoms with E-state index in [0.717, 1.165) is 42.3 Å². The Hall–Kier alpha value is -3.45. The van der Waals surface area contributed by atoms with E-state index in [2.05, 4.69) is 41.5 Å². The first kappa shape index (κ1) is 31.5. The van der Waals surface area contributed by atoms with Gasteiger partial charge in [0.15, 0.2) is 16.4 Å². The lowest BCUT2D eigenvalue weighted by atomic mass is 9.90. The van der Waals surface area contributed by atoms with Crippen LogP contribution in [-0.4, -0.2) is 65.1 Å². The van der Waals surface area contributed by atoms with E-state index >= 15 is 0 Å². The first-order valence-electron chi connectivity index (χ1n) is 13.5. The number of ether oxygens (including phenoxy) is 1. The minimum atomic E-state index is -4.40. The summed E-state index contributed by atoms with van der Waals surface area (Å²) >= 11 is 1.25. The molecule has 0 bridgehead atoms. The van der Waals surface area contributed by atoms with Crippen LogP contribution in [0.4, 0.5) is 24.5 Å². The van der Waals surface area contributed by atoms with Crippen LogP contribution in [0.3, 0.4) is 0 Å². The summed E-state index contributed by atoms with van der Waals surface area (Å²) in [5.41, 5.74) is 1.39. The number of rotatable bonds is 9. The summed E-state index contributed by atoms with van der Waals surface area (Å²) in [6.07, 6.45) is -0.309. The Morgan fingerprint density at radius 3 is 2.50 bits per heavy atom. The second kappa shape index (κ2) is 13.2. The average molecular weight is 619 g/mol. The highest BCUT2D eigenvalue weighted by molar-refractivity contribution is 7.90. The highest BCUT2D eigenvalue weighted by Crippen LogP contribution is 2.40. The monoisotopic (exact) mass is 618 g/mol. The molecular weight excluding hydrogens is 585 g/mol. The van der Waals surface area contributed by atoms with Crippen molar-refractivity contribution < 1.29 is 26.3 Å². The number of anilines is 2. The molecule has 12 heteroatoms. The number of benzene rings is 2. The molecule has 7 nitrogen and oxygen atoms in total. The van der Waals surface area contributed by atoms with Crippen molar-refractivity contribution in [2.75, 3.05) is 44.1 Å². The smallest absolute Gasteiger partial charge is 0.393 e. The van der Waals surface area contributed by atoms with E-state index < -0.39 is 22.4 Å². The largest absolute Gasteiger partial charge is 0.477 e. The molecule has 0 atom stereocenters. The number of alkyl halides is 3. The molecule has 0 radical (unpaired) electrons. The lowest BCUT2D eigenvalue weighted by molar-refractivity contribution is -0.126. The Morgan fingerprint density at radius 1 is 1.12 bits per heavy atom. The molecule has 42 heavy (non-hydrogen) atoms. The van der Waals surface area contributed by atoms with Gasteiger partial charge in [0, 0.05) is 24.4 Å². The summed E-state index contributed by atoms with van der Waals surface area (Å²) in [7, 11) is 0.673. The minimum absolute atomic E-state index is 0.0318. The van der Waals surface area contributed by atoms with E-state index in [1.165, 1.54) is 29.5 Å². The summed E-state index contributed by atoms with van der Waals surface area (Å²) < 4.78 is 70.8. The number of hydrogen-bond acceptors (Lipinski definition) is 8. The van der Waals surface area contributed by atoms with Gasteiger partial charge in [0.1, 0.15) is 11.8 Å². The van der Waals surface area contributed by atoms with Gasteiger partial charge in [-0.05, 0) is 68.9 Å². The SMILES string of the molecule is CN(C)C1CCC(Nc2cccc3c(CC(F)(F)F)c(C#CCNc4ccc(S(C)(=O)=O)cc4OCC#N)sc23)CC1. The van der Waals surface area contributed by atoms with Crippen molar-refractivity contribution in [1.82, 2.24) is 4.90 Å². The van der Waals surface area contributed by atoms with Gasteiger partial charge in [-0.25, -0.2) is 8.42 Å². The maximum atomic E-state index is 13.6. The van der Waals surface area contributed by atoms with Gasteiger partial charge in [0.05, 0.1) is 38.8 Å². The molecule has 1 aliphatic carbocycles. The molecule has 1 aromatic heterocycles. The topological polar surface area (TPSA) is 94.5 Å². The summed E-state index contributed by atoms with van der Waals surface area (Å²) in [4.78, 5) is 2.62. The zero-order valence-corrected chi connectivity index (χ0v) is 25.3. The number of halogens is 3. The molecule has 224 valence electrons.